The van der Waals surface area contributed by atoms with Crippen molar-refractivity contribution in [3.05, 3.63) is 94.5 Å². The van der Waals surface area contributed by atoms with Gasteiger partial charge in [0.05, 0.1) is 18.4 Å². The van der Waals surface area contributed by atoms with Crippen LogP contribution in [0.2, 0.25) is 0 Å². The third-order valence-corrected chi connectivity index (χ3v) is 5.88. The Morgan fingerprint density at radius 2 is 1.53 bits per heavy atom. The van der Waals surface area contributed by atoms with Gasteiger partial charge < -0.3 is 10.1 Å². The molecule has 1 amide bonds. The first kappa shape index (κ1) is 18.3. The van der Waals surface area contributed by atoms with E-state index in [4.69, 9.17) is 4.74 Å². The maximum absolute atomic E-state index is 13.1. The number of carbonyl (C=O) groups is 3. The van der Waals surface area contributed by atoms with E-state index in [1.165, 1.54) is 0 Å². The molecule has 0 heterocycles. The summed E-state index contributed by atoms with van der Waals surface area (Å²) in [7, 11) is 1.62. The van der Waals surface area contributed by atoms with Gasteiger partial charge in [-0.25, -0.2) is 0 Å². The molecule has 2 aliphatic carbocycles. The lowest BCUT2D eigenvalue weighted by molar-refractivity contribution is -0.117. The highest BCUT2D eigenvalue weighted by molar-refractivity contribution is 6.30. The van der Waals surface area contributed by atoms with Crippen LogP contribution in [0.5, 0.6) is 5.75 Å². The van der Waals surface area contributed by atoms with E-state index in [2.05, 4.69) is 5.32 Å². The van der Waals surface area contributed by atoms with E-state index in [1.807, 2.05) is 24.3 Å². The number of rotatable bonds is 4. The molecule has 3 aromatic carbocycles. The summed E-state index contributed by atoms with van der Waals surface area (Å²) in [6, 6.07) is 19.5. The number of amides is 1. The molecule has 3 aromatic rings. The standard InChI is InChI=1S/C25H19NO4/c1-30-15-11-9-14(10-12-15)19-13-20(19)25(29)26-21-8-4-7-18-22(21)24(28)17-6-3-2-5-16(17)23(18)27/h2-12,19-20H,13H2,1H3,(H,26,29). The van der Waals surface area contributed by atoms with Crippen LogP contribution in [0, 0.1) is 5.92 Å². The number of nitrogens with one attached hydrogen (secondary N) is 1. The first-order chi connectivity index (χ1) is 14.6. The topological polar surface area (TPSA) is 72.5 Å². The summed E-state index contributed by atoms with van der Waals surface area (Å²) in [4.78, 5) is 38.8. The first-order valence-electron chi connectivity index (χ1n) is 9.84. The minimum atomic E-state index is -0.237. The van der Waals surface area contributed by atoms with E-state index in [1.54, 1.807) is 49.6 Å². The highest BCUT2D eigenvalue weighted by atomic mass is 16.5. The van der Waals surface area contributed by atoms with Crippen molar-refractivity contribution in [2.75, 3.05) is 12.4 Å². The van der Waals surface area contributed by atoms with Crippen LogP contribution >= 0.6 is 0 Å². The number of ketones is 2. The summed E-state index contributed by atoms with van der Waals surface area (Å²) in [5.74, 6) is 0.199. The van der Waals surface area contributed by atoms with Crippen LogP contribution in [-0.4, -0.2) is 24.6 Å². The van der Waals surface area contributed by atoms with Crippen LogP contribution in [0.3, 0.4) is 0 Å². The van der Waals surface area contributed by atoms with Crippen LogP contribution in [0.1, 0.15) is 49.7 Å². The Hall–Kier alpha value is -3.73. The first-order valence-corrected chi connectivity index (χ1v) is 9.84. The summed E-state index contributed by atoms with van der Waals surface area (Å²) in [6.45, 7) is 0. The van der Waals surface area contributed by atoms with Crippen molar-refractivity contribution in [1.29, 1.82) is 0 Å². The molecule has 0 radical (unpaired) electrons. The van der Waals surface area contributed by atoms with Gasteiger partial charge in [-0.05, 0) is 36.1 Å². The maximum atomic E-state index is 13.1. The van der Waals surface area contributed by atoms with Gasteiger partial charge >= 0.3 is 0 Å². The Balaban J connectivity index is 1.40. The molecule has 1 fully saturated rings. The number of hydrogen-bond acceptors (Lipinski definition) is 4. The summed E-state index contributed by atoms with van der Waals surface area (Å²) >= 11 is 0. The predicted octanol–water partition coefficient (Wildman–Crippen LogP) is 4.21. The fraction of sp³-hybridized carbons (Fsp3) is 0.160. The van der Waals surface area contributed by atoms with Crippen LogP contribution in [0.4, 0.5) is 5.69 Å². The van der Waals surface area contributed by atoms with Gasteiger partial charge in [0.2, 0.25) is 5.91 Å². The quantitative estimate of drug-likeness (QED) is 0.560. The van der Waals surface area contributed by atoms with E-state index in [-0.39, 0.29) is 34.9 Å². The zero-order valence-corrected chi connectivity index (χ0v) is 16.3. The zero-order valence-electron chi connectivity index (χ0n) is 16.3. The Kier molecular flexibility index (Phi) is 4.24. The minimum Gasteiger partial charge on any atom is -0.497 e. The van der Waals surface area contributed by atoms with Gasteiger partial charge in [0.15, 0.2) is 11.6 Å². The molecule has 2 atom stereocenters. The average molecular weight is 397 g/mol. The highest BCUT2D eigenvalue weighted by Gasteiger charge is 2.44. The summed E-state index contributed by atoms with van der Waals surface area (Å²) in [5, 5.41) is 2.90. The fourth-order valence-corrected chi connectivity index (χ4v) is 4.18. The molecule has 2 aliphatic rings. The lowest BCUT2D eigenvalue weighted by Crippen LogP contribution is -2.24. The molecule has 5 heteroatoms. The highest BCUT2D eigenvalue weighted by Crippen LogP contribution is 2.48. The predicted molar refractivity (Wildman–Crippen MR) is 112 cm³/mol. The third-order valence-electron chi connectivity index (χ3n) is 5.88. The van der Waals surface area contributed by atoms with Gasteiger partial charge in [0.25, 0.3) is 0 Å². The molecular formula is C25H19NO4. The van der Waals surface area contributed by atoms with Crippen molar-refractivity contribution < 1.29 is 19.1 Å². The van der Waals surface area contributed by atoms with Gasteiger partial charge in [0, 0.05) is 22.6 Å². The van der Waals surface area contributed by atoms with E-state index < -0.39 is 0 Å². The maximum Gasteiger partial charge on any atom is 0.228 e. The van der Waals surface area contributed by atoms with Crippen molar-refractivity contribution in [2.24, 2.45) is 5.92 Å². The number of fused-ring (bicyclic) bond motifs is 2. The van der Waals surface area contributed by atoms with E-state index in [0.29, 0.717) is 22.4 Å². The van der Waals surface area contributed by atoms with Gasteiger partial charge in [-0.3, -0.25) is 14.4 Å². The van der Waals surface area contributed by atoms with Crippen LogP contribution in [-0.2, 0) is 4.79 Å². The second kappa shape index (κ2) is 6.95. The summed E-state index contributed by atoms with van der Waals surface area (Å²) < 4.78 is 5.18. The fourth-order valence-electron chi connectivity index (χ4n) is 4.18. The van der Waals surface area contributed by atoms with Crippen molar-refractivity contribution in [3.8, 4) is 5.75 Å². The number of hydrogen-bond donors (Lipinski definition) is 1. The van der Waals surface area contributed by atoms with E-state index >= 15 is 0 Å². The van der Waals surface area contributed by atoms with Gasteiger partial charge in [-0.1, -0.05) is 48.5 Å². The molecule has 148 valence electrons. The smallest absolute Gasteiger partial charge is 0.228 e. The van der Waals surface area contributed by atoms with E-state index in [9.17, 15) is 14.4 Å². The molecule has 0 aromatic heterocycles. The monoisotopic (exact) mass is 397 g/mol. The molecule has 2 unspecified atom stereocenters. The van der Waals surface area contributed by atoms with Gasteiger partial charge in [0.1, 0.15) is 5.75 Å². The Morgan fingerprint density at radius 3 is 2.23 bits per heavy atom. The molecule has 5 nitrogen and oxygen atoms in total. The number of ether oxygens (including phenoxy) is 1. The van der Waals surface area contributed by atoms with E-state index in [0.717, 1.165) is 17.7 Å². The third kappa shape index (κ3) is 2.90. The lowest BCUT2D eigenvalue weighted by Gasteiger charge is -2.20. The molecule has 0 spiro atoms. The SMILES string of the molecule is COc1ccc(C2CC2C(=O)Nc2cccc3c2C(=O)c2ccccc2C3=O)cc1. The minimum absolute atomic E-state index is 0.136. The Labute approximate surface area is 173 Å². The lowest BCUT2D eigenvalue weighted by atomic mass is 9.83. The Bertz CT molecular complexity index is 1200. The summed E-state index contributed by atoms with van der Waals surface area (Å²) in [6.07, 6.45) is 0.753. The van der Waals surface area contributed by atoms with Crippen LogP contribution < -0.4 is 10.1 Å². The van der Waals surface area contributed by atoms with Crippen LogP contribution in [0.15, 0.2) is 66.7 Å². The number of methoxy groups -OCH3 is 1. The largest absolute Gasteiger partial charge is 0.497 e. The van der Waals surface area contributed by atoms with Crippen LogP contribution in [0.25, 0.3) is 0 Å². The van der Waals surface area contributed by atoms with Crippen molar-refractivity contribution in [1.82, 2.24) is 0 Å². The molecule has 30 heavy (non-hydrogen) atoms. The molecule has 1 saturated carbocycles. The number of anilines is 1. The second-order valence-corrected chi connectivity index (χ2v) is 7.64. The van der Waals surface area contributed by atoms with Gasteiger partial charge in [-0.2, -0.15) is 0 Å². The van der Waals surface area contributed by atoms with Gasteiger partial charge in [-0.15, -0.1) is 0 Å². The normalized spacial score (nSPS) is 19.0. The second-order valence-electron chi connectivity index (χ2n) is 7.64. The average Bonchev–Trinajstić information content (AvgIpc) is 3.59. The molecule has 5 rings (SSSR count). The molecule has 0 saturated heterocycles. The number of carbonyl (C=O) groups excluding carboxylic acids is 3. The molecule has 1 N–H and O–H groups in total. The van der Waals surface area contributed by atoms with Crippen molar-refractivity contribution >= 4 is 23.2 Å². The summed E-state index contributed by atoms with van der Waals surface area (Å²) in [5.41, 5.74) is 2.87. The number of benzene rings is 3. The molecule has 0 aliphatic heterocycles. The van der Waals surface area contributed by atoms with Crippen molar-refractivity contribution in [3.63, 3.8) is 0 Å². The van der Waals surface area contributed by atoms with Crippen molar-refractivity contribution in [2.45, 2.75) is 12.3 Å². The molecule has 0 bridgehead atoms. The Morgan fingerprint density at radius 1 is 0.867 bits per heavy atom. The zero-order chi connectivity index (χ0) is 20.8. The molecular weight excluding hydrogens is 378 g/mol.